The first-order valence-corrected chi connectivity index (χ1v) is 10.0. The predicted molar refractivity (Wildman–Crippen MR) is 119 cm³/mol. The Morgan fingerprint density at radius 3 is 2.71 bits per heavy atom. The Hall–Kier alpha value is -4.26. The van der Waals surface area contributed by atoms with Crippen LogP contribution in [0.1, 0.15) is 10.4 Å². The molecule has 0 saturated carbocycles. The Morgan fingerprint density at radius 1 is 0.935 bits per heavy atom. The second kappa shape index (κ2) is 6.91. The van der Waals surface area contributed by atoms with Crippen molar-refractivity contribution in [3.8, 4) is 22.9 Å². The highest BCUT2D eigenvalue weighted by atomic mass is 16.6. The zero-order valence-corrected chi connectivity index (χ0v) is 16.4. The molecule has 0 radical (unpaired) electrons. The zero-order chi connectivity index (χ0) is 20.8. The number of anilines is 1. The van der Waals surface area contributed by atoms with Crippen molar-refractivity contribution in [2.75, 3.05) is 18.5 Å². The summed E-state index contributed by atoms with van der Waals surface area (Å²) in [6, 6.07) is 19.0. The highest BCUT2D eigenvalue weighted by molar-refractivity contribution is 6.06. The summed E-state index contributed by atoms with van der Waals surface area (Å²) in [5.74, 6) is 1.97. The number of aromatic amines is 2. The van der Waals surface area contributed by atoms with Gasteiger partial charge >= 0.3 is 0 Å². The standard InChI is InChI=1S/C24H18N4O3/c29-24(16-5-4-14-6-7-25-18(14)11-16)26-17-3-1-2-15(10-17)23-27-19-12-21-22(13-20(19)28-23)31-9-8-30-21/h1-7,10-13,25H,8-9H2,(H,26,29)(H,27,28). The molecule has 6 rings (SSSR count). The molecular formula is C24H18N4O3. The summed E-state index contributed by atoms with van der Waals surface area (Å²) in [5, 5.41) is 4.04. The number of hydrogen-bond acceptors (Lipinski definition) is 4. The number of nitrogens with zero attached hydrogens (tertiary/aromatic N) is 1. The van der Waals surface area contributed by atoms with E-state index in [0.29, 0.717) is 41.8 Å². The van der Waals surface area contributed by atoms with Crippen molar-refractivity contribution in [3.05, 3.63) is 72.4 Å². The summed E-state index contributed by atoms with van der Waals surface area (Å²) in [6.07, 6.45) is 1.86. The van der Waals surface area contributed by atoms with Crippen molar-refractivity contribution in [3.63, 3.8) is 0 Å². The monoisotopic (exact) mass is 410 g/mol. The predicted octanol–water partition coefficient (Wildman–Crippen LogP) is 4.73. The van der Waals surface area contributed by atoms with E-state index in [2.05, 4.69) is 20.3 Å². The second-order valence-corrected chi connectivity index (χ2v) is 7.41. The first-order valence-electron chi connectivity index (χ1n) is 10.0. The molecule has 31 heavy (non-hydrogen) atoms. The summed E-state index contributed by atoms with van der Waals surface area (Å²) in [6.45, 7) is 1.08. The summed E-state index contributed by atoms with van der Waals surface area (Å²) in [7, 11) is 0. The Morgan fingerprint density at radius 2 is 1.81 bits per heavy atom. The molecule has 0 bridgehead atoms. The number of carbonyl (C=O) groups is 1. The SMILES string of the molecule is O=C(Nc1cccc(-c2nc3cc4c(cc3[nH]2)OCCO4)c1)c1ccc2cc[nH]c2c1. The third-order valence-electron chi connectivity index (χ3n) is 5.36. The van der Waals surface area contributed by atoms with E-state index in [9.17, 15) is 4.79 Å². The maximum atomic E-state index is 12.7. The number of amides is 1. The maximum absolute atomic E-state index is 12.7. The lowest BCUT2D eigenvalue weighted by molar-refractivity contribution is 0.102. The molecule has 1 aliphatic rings. The number of H-pyrrole nitrogens is 2. The van der Waals surface area contributed by atoms with E-state index in [1.165, 1.54) is 0 Å². The van der Waals surface area contributed by atoms with Gasteiger partial charge in [-0.2, -0.15) is 0 Å². The number of fused-ring (bicyclic) bond motifs is 3. The van der Waals surface area contributed by atoms with Crippen LogP contribution in [0.3, 0.4) is 0 Å². The average molecular weight is 410 g/mol. The van der Waals surface area contributed by atoms with Crippen molar-refractivity contribution >= 4 is 33.5 Å². The lowest BCUT2D eigenvalue weighted by atomic mass is 10.1. The molecule has 5 aromatic rings. The molecule has 7 nitrogen and oxygen atoms in total. The molecule has 0 unspecified atom stereocenters. The fourth-order valence-electron chi connectivity index (χ4n) is 3.82. The van der Waals surface area contributed by atoms with Gasteiger partial charge in [0, 0.05) is 40.7 Å². The van der Waals surface area contributed by atoms with Crippen LogP contribution in [0.5, 0.6) is 11.5 Å². The smallest absolute Gasteiger partial charge is 0.255 e. The van der Waals surface area contributed by atoms with E-state index in [1.54, 1.807) is 0 Å². The number of rotatable bonds is 3. The van der Waals surface area contributed by atoms with E-state index >= 15 is 0 Å². The number of aromatic nitrogens is 3. The van der Waals surface area contributed by atoms with Gasteiger partial charge in [-0.3, -0.25) is 4.79 Å². The molecule has 3 N–H and O–H groups in total. The van der Waals surface area contributed by atoms with Crippen molar-refractivity contribution in [2.45, 2.75) is 0 Å². The van der Waals surface area contributed by atoms with Gasteiger partial charge in [0.25, 0.3) is 5.91 Å². The van der Waals surface area contributed by atoms with Gasteiger partial charge in [0.2, 0.25) is 0 Å². The van der Waals surface area contributed by atoms with Crippen LogP contribution in [0.15, 0.2) is 66.9 Å². The summed E-state index contributed by atoms with van der Waals surface area (Å²) in [5.41, 5.74) is 4.75. The van der Waals surface area contributed by atoms with E-state index in [1.807, 2.05) is 66.9 Å². The van der Waals surface area contributed by atoms with Crippen molar-refractivity contribution in [1.29, 1.82) is 0 Å². The quantitative estimate of drug-likeness (QED) is 0.401. The first-order chi connectivity index (χ1) is 15.2. The number of carbonyl (C=O) groups excluding carboxylic acids is 1. The number of imidazole rings is 1. The fraction of sp³-hybridized carbons (Fsp3) is 0.0833. The largest absolute Gasteiger partial charge is 0.486 e. The molecule has 1 aliphatic heterocycles. The molecule has 0 spiro atoms. The van der Waals surface area contributed by atoms with Gasteiger partial charge in [-0.05, 0) is 35.7 Å². The third-order valence-corrected chi connectivity index (χ3v) is 5.36. The Balaban J connectivity index is 1.29. The molecule has 0 fully saturated rings. The number of ether oxygens (including phenoxy) is 2. The summed E-state index contributed by atoms with van der Waals surface area (Å²) in [4.78, 5) is 23.9. The minimum atomic E-state index is -0.166. The Labute approximate surface area is 177 Å². The molecule has 3 heterocycles. The van der Waals surface area contributed by atoms with Gasteiger partial charge in [0.15, 0.2) is 11.5 Å². The van der Waals surface area contributed by atoms with Crippen molar-refractivity contribution in [2.24, 2.45) is 0 Å². The van der Waals surface area contributed by atoms with E-state index < -0.39 is 0 Å². The zero-order valence-electron chi connectivity index (χ0n) is 16.4. The minimum Gasteiger partial charge on any atom is -0.486 e. The average Bonchev–Trinajstić information content (AvgIpc) is 3.43. The van der Waals surface area contributed by atoms with Crippen LogP contribution in [0.4, 0.5) is 5.69 Å². The van der Waals surface area contributed by atoms with Crippen LogP contribution in [-0.2, 0) is 0 Å². The van der Waals surface area contributed by atoms with Crippen LogP contribution < -0.4 is 14.8 Å². The highest BCUT2D eigenvalue weighted by Crippen LogP contribution is 2.35. The van der Waals surface area contributed by atoms with E-state index in [4.69, 9.17) is 9.47 Å². The summed E-state index contributed by atoms with van der Waals surface area (Å²) >= 11 is 0. The van der Waals surface area contributed by atoms with E-state index in [0.717, 1.165) is 27.5 Å². The molecule has 1 amide bonds. The minimum absolute atomic E-state index is 0.166. The normalized spacial score (nSPS) is 12.9. The van der Waals surface area contributed by atoms with Gasteiger partial charge in [-0.15, -0.1) is 0 Å². The van der Waals surface area contributed by atoms with Gasteiger partial charge in [0.1, 0.15) is 19.0 Å². The molecule has 0 saturated heterocycles. The molecule has 0 aliphatic carbocycles. The van der Waals surface area contributed by atoms with Crippen molar-refractivity contribution < 1.29 is 14.3 Å². The maximum Gasteiger partial charge on any atom is 0.255 e. The van der Waals surface area contributed by atoms with Gasteiger partial charge in [-0.25, -0.2) is 4.98 Å². The third kappa shape index (κ3) is 3.16. The fourth-order valence-corrected chi connectivity index (χ4v) is 3.82. The van der Waals surface area contributed by atoms with E-state index in [-0.39, 0.29) is 5.91 Å². The Kier molecular flexibility index (Phi) is 3.92. The van der Waals surface area contributed by atoms with Gasteiger partial charge in [0.05, 0.1) is 11.0 Å². The number of nitrogens with one attached hydrogen (secondary N) is 3. The molecule has 0 atom stereocenters. The Bertz CT molecular complexity index is 1410. The number of benzene rings is 3. The molecule has 152 valence electrons. The molecule has 2 aromatic heterocycles. The lowest BCUT2D eigenvalue weighted by Crippen LogP contribution is -2.15. The summed E-state index contributed by atoms with van der Waals surface area (Å²) < 4.78 is 11.3. The molecule has 3 aromatic carbocycles. The van der Waals surface area contributed by atoms with Crippen LogP contribution in [-0.4, -0.2) is 34.1 Å². The highest BCUT2D eigenvalue weighted by Gasteiger charge is 2.16. The molecule has 7 heteroatoms. The first kappa shape index (κ1) is 17.6. The number of hydrogen-bond donors (Lipinski definition) is 3. The second-order valence-electron chi connectivity index (χ2n) is 7.41. The lowest BCUT2D eigenvalue weighted by Gasteiger charge is -2.17. The van der Waals surface area contributed by atoms with Gasteiger partial charge < -0.3 is 24.8 Å². The topological polar surface area (TPSA) is 92.0 Å². The van der Waals surface area contributed by atoms with Crippen LogP contribution in [0.25, 0.3) is 33.3 Å². The van der Waals surface area contributed by atoms with Crippen LogP contribution in [0.2, 0.25) is 0 Å². The van der Waals surface area contributed by atoms with Crippen molar-refractivity contribution in [1.82, 2.24) is 15.0 Å². The molecular weight excluding hydrogens is 392 g/mol. The van der Waals surface area contributed by atoms with Crippen LogP contribution in [0, 0.1) is 0 Å². The van der Waals surface area contributed by atoms with Crippen LogP contribution >= 0.6 is 0 Å². The van der Waals surface area contributed by atoms with Gasteiger partial charge in [-0.1, -0.05) is 18.2 Å².